The molecule has 0 aliphatic heterocycles. The first-order valence-electron chi connectivity index (χ1n) is 10.5. The smallest absolute Gasteiger partial charge is 0.403 e. The molecule has 3 rings (SSSR count). The van der Waals surface area contributed by atoms with Gasteiger partial charge in [0.2, 0.25) is 0 Å². The van der Waals surface area contributed by atoms with Crippen molar-refractivity contribution in [1.29, 1.82) is 0 Å². The van der Waals surface area contributed by atoms with Crippen LogP contribution in [0, 0.1) is 11.7 Å². The molecule has 1 nitrogen and oxygen atoms in total. The van der Waals surface area contributed by atoms with Crippen molar-refractivity contribution >= 4 is 0 Å². The summed E-state index contributed by atoms with van der Waals surface area (Å²) < 4.78 is 54.5. The molecule has 0 heterocycles. The third-order valence-electron chi connectivity index (χ3n) is 5.94. The Morgan fingerprint density at radius 2 is 1.55 bits per heavy atom. The largest absolute Gasteiger partial charge is 0.573 e. The number of benzene rings is 2. The van der Waals surface area contributed by atoms with Gasteiger partial charge in [0.1, 0.15) is 0 Å². The minimum Gasteiger partial charge on any atom is -0.403 e. The van der Waals surface area contributed by atoms with Crippen LogP contribution in [-0.2, 0) is 0 Å². The minimum atomic E-state index is -4.90. The molecule has 1 fully saturated rings. The maximum absolute atomic E-state index is 14.0. The van der Waals surface area contributed by atoms with E-state index < -0.39 is 17.9 Å². The summed E-state index contributed by atoms with van der Waals surface area (Å²) in [4.78, 5) is 0. The van der Waals surface area contributed by atoms with Gasteiger partial charge in [-0.3, -0.25) is 0 Å². The molecule has 5 heteroatoms. The van der Waals surface area contributed by atoms with E-state index in [9.17, 15) is 17.6 Å². The van der Waals surface area contributed by atoms with E-state index in [2.05, 4.69) is 23.8 Å². The van der Waals surface area contributed by atoms with E-state index >= 15 is 0 Å². The van der Waals surface area contributed by atoms with Crippen molar-refractivity contribution in [3.8, 4) is 16.9 Å². The average Bonchev–Trinajstić information content (AvgIpc) is 2.69. The lowest BCUT2D eigenvalue weighted by molar-refractivity contribution is -0.275. The Bertz CT molecular complexity index is 774. The van der Waals surface area contributed by atoms with Gasteiger partial charge in [-0.1, -0.05) is 62.9 Å². The first-order chi connectivity index (χ1) is 13.9. The standard InChI is InChI=1S/C24H28F4O/c1-2-3-4-5-17-6-8-18(9-7-17)19-10-12-20(13-11-19)21-14-15-23(22(25)16-21)29-24(26,27)28/h10-18H,2-9H2,1H3. The first kappa shape index (κ1) is 21.7. The van der Waals surface area contributed by atoms with E-state index in [0.717, 1.165) is 23.6 Å². The van der Waals surface area contributed by atoms with Crippen LogP contribution in [0.5, 0.6) is 5.75 Å². The van der Waals surface area contributed by atoms with E-state index in [0.29, 0.717) is 11.5 Å². The lowest BCUT2D eigenvalue weighted by atomic mass is 9.77. The molecule has 2 aromatic rings. The Morgan fingerprint density at radius 3 is 2.14 bits per heavy atom. The van der Waals surface area contributed by atoms with Crippen LogP contribution in [0.3, 0.4) is 0 Å². The highest BCUT2D eigenvalue weighted by atomic mass is 19.4. The number of unbranched alkanes of at least 4 members (excludes halogenated alkanes) is 2. The SMILES string of the molecule is CCCCCC1CCC(c2ccc(-c3ccc(OC(F)(F)F)c(F)c3)cc2)CC1. The zero-order valence-electron chi connectivity index (χ0n) is 16.8. The molecule has 0 aromatic heterocycles. The van der Waals surface area contributed by atoms with Crippen LogP contribution in [0.2, 0.25) is 0 Å². The molecule has 0 atom stereocenters. The van der Waals surface area contributed by atoms with Crippen LogP contribution >= 0.6 is 0 Å². The zero-order chi connectivity index (χ0) is 20.9. The fourth-order valence-corrected chi connectivity index (χ4v) is 4.30. The van der Waals surface area contributed by atoms with Crippen LogP contribution < -0.4 is 4.74 Å². The highest BCUT2D eigenvalue weighted by Gasteiger charge is 2.32. The first-order valence-corrected chi connectivity index (χ1v) is 10.5. The summed E-state index contributed by atoms with van der Waals surface area (Å²) in [6.45, 7) is 2.24. The maximum Gasteiger partial charge on any atom is 0.573 e. The second-order valence-electron chi connectivity index (χ2n) is 8.03. The maximum atomic E-state index is 14.0. The monoisotopic (exact) mass is 408 g/mol. The molecule has 0 saturated heterocycles. The van der Waals surface area contributed by atoms with E-state index in [1.165, 1.54) is 63.0 Å². The number of halogens is 4. The molecule has 2 aromatic carbocycles. The predicted octanol–water partition coefficient (Wildman–Crippen LogP) is 8.25. The quantitative estimate of drug-likeness (QED) is 0.331. The molecular weight excluding hydrogens is 380 g/mol. The summed E-state index contributed by atoms with van der Waals surface area (Å²) in [5.41, 5.74) is 2.60. The fraction of sp³-hybridized carbons (Fsp3) is 0.500. The van der Waals surface area contributed by atoms with Gasteiger partial charge in [0.05, 0.1) is 0 Å². The highest BCUT2D eigenvalue weighted by Crippen LogP contribution is 2.38. The molecule has 1 aliphatic carbocycles. The lowest BCUT2D eigenvalue weighted by Crippen LogP contribution is -2.17. The van der Waals surface area contributed by atoms with Crippen molar-refractivity contribution in [1.82, 2.24) is 0 Å². The summed E-state index contributed by atoms with van der Waals surface area (Å²) in [5.74, 6) is -0.415. The number of ether oxygens (including phenoxy) is 1. The lowest BCUT2D eigenvalue weighted by Gasteiger charge is -2.29. The van der Waals surface area contributed by atoms with Crippen molar-refractivity contribution in [2.45, 2.75) is 70.6 Å². The van der Waals surface area contributed by atoms with Gasteiger partial charge in [0.15, 0.2) is 11.6 Å². The van der Waals surface area contributed by atoms with Crippen molar-refractivity contribution in [3.63, 3.8) is 0 Å². The van der Waals surface area contributed by atoms with Crippen LogP contribution in [0.4, 0.5) is 17.6 Å². The molecule has 0 radical (unpaired) electrons. The zero-order valence-corrected chi connectivity index (χ0v) is 16.8. The van der Waals surface area contributed by atoms with E-state index in [1.54, 1.807) is 0 Å². The van der Waals surface area contributed by atoms with Gasteiger partial charge in [-0.2, -0.15) is 0 Å². The molecule has 0 N–H and O–H groups in total. The average molecular weight is 408 g/mol. The van der Waals surface area contributed by atoms with Gasteiger partial charge in [-0.15, -0.1) is 13.2 Å². The van der Waals surface area contributed by atoms with Crippen molar-refractivity contribution in [3.05, 3.63) is 53.8 Å². The normalized spacial score (nSPS) is 19.9. The van der Waals surface area contributed by atoms with Crippen molar-refractivity contribution in [2.24, 2.45) is 5.92 Å². The molecule has 0 bridgehead atoms. The minimum absolute atomic E-state index is 0.531. The topological polar surface area (TPSA) is 9.23 Å². The van der Waals surface area contributed by atoms with Crippen LogP contribution in [-0.4, -0.2) is 6.36 Å². The van der Waals surface area contributed by atoms with E-state index in [1.807, 2.05) is 12.1 Å². The number of hydrogen-bond acceptors (Lipinski definition) is 1. The Hall–Kier alpha value is -2.04. The van der Waals surface area contributed by atoms with Gasteiger partial charge in [-0.25, -0.2) is 4.39 Å². The Balaban J connectivity index is 1.60. The summed E-state index contributed by atoms with van der Waals surface area (Å²) in [6, 6.07) is 11.5. The Morgan fingerprint density at radius 1 is 0.897 bits per heavy atom. The van der Waals surface area contributed by atoms with Crippen LogP contribution in [0.25, 0.3) is 11.1 Å². The third-order valence-corrected chi connectivity index (χ3v) is 5.94. The van der Waals surface area contributed by atoms with Crippen molar-refractivity contribution in [2.75, 3.05) is 0 Å². The predicted molar refractivity (Wildman–Crippen MR) is 107 cm³/mol. The third kappa shape index (κ3) is 6.22. The molecule has 0 unspecified atom stereocenters. The summed E-state index contributed by atoms with van der Waals surface area (Å²) in [6.07, 6.45) is 5.34. The molecule has 158 valence electrons. The van der Waals surface area contributed by atoms with Crippen LogP contribution in [0.15, 0.2) is 42.5 Å². The summed E-state index contributed by atoms with van der Waals surface area (Å²) in [7, 11) is 0. The molecular formula is C24H28F4O. The van der Waals surface area contributed by atoms with Crippen LogP contribution in [0.1, 0.15) is 69.8 Å². The van der Waals surface area contributed by atoms with Gasteiger partial charge in [0.25, 0.3) is 0 Å². The van der Waals surface area contributed by atoms with E-state index in [4.69, 9.17) is 0 Å². The number of rotatable bonds is 7. The molecule has 1 aliphatic rings. The molecule has 29 heavy (non-hydrogen) atoms. The second-order valence-corrected chi connectivity index (χ2v) is 8.03. The molecule has 0 amide bonds. The number of hydrogen-bond donors (Lipinski definition) is 0. The van der Waals surface area contributed by atoms with E-state index in [-0.39, 0.29) is 0 Å². The fourth-order valence-electron chi connectivity index (χ4n) is 4.30. The number of alkyl halides is 3. The second kappa shape index (κ2) is 9.64. The van der Waals surface area contributed by atoms with Crippen molar-refractivity contribution < 1.29 is 22.3 Å². The summed E-state index contributed by atoms with van der Waals surface area (Å²) in [5, 5.41) is 0. The highest BCUT2D eigenvalue weighted by molar-refractivity contribution is 5.64. The van der Waals surface area contributed by atoms with Gasteiger partial charge in [0, 0.05) is 0 Å². The molecule has 0 spiro atoms. The summed E-state index contributed by atoms with van der Waals surface area (Å²) >= 11 is 0. The van der Waals surface area contributed by atoms with Gasteiger partial charge in [-0.05, 0) is 66.3 Å². The molecule has 1 saturated carbocycles. The van der Waals surface area contributed by atoms with Gasteiger partial charge < -0.3 is 4.74 Å². The Labute approximate surface area is 170 Å². The van der Waals surface area contributed by atoms with Gasteiger partial charge >= 0.3 is 6.36 Å². The Kier molecular flexibility index (Phi) is 7.20.